The zero-order chi connectivity index (χ0) is 18.7. The van der Waals surface area contributed by atoms with Gasteiger partial charge >= 0.3 is 0 Å². The molecule has 0 N–H and O–H groups in total. The highest BCUT2D eigenvalue weighted by Gasteiger charge is 2.27. The third-order valence-corrected chi connectivity index (χ3v) is 8.64. The maximum Gasteiger partial charge on any atom is 0.252 e. The van der Waals surface area contributed by atoms with Crippen molar-refractivity contribution in [1.29, 1.82) is 0 Å². The maximum absolute atomic E-state index is 12.5. The molecule has 0 aromatic carbocycles. The summed E-state index contributed by atoms with van der Waals surface area (Å²) in [7, 11) is -2.15. The van der Waals surface area contributed by atoms with Crippen LogP contribution in [-0.4, -0.2) is 68.2 Å². The number of nitrogens with zero attached hydrogens (tertiary/aromatic N) is 3. The molecule has 2 aromatic heterocycles. The minimum atomic E-state index is -3.60. The number of likely N-dealkylation sites (N-methyl/N-ethyl adjacent to an activating group) is 1. The Labute approximate surface area is 166 Å². The summed E-state index contributed by atoms with van der Waals surface area (Å²) in [5.41, 5.74) is 0. The van der Waals surface area contributed by atoms with Gasteiger partial charge in [-0.1, -0.05) is 17.7 Å². The van der Waals surface area contributed by atoms with Crippen LogP contribution in [-0.2, 0) is 21.4 Å². The Kier molecular flexibility index (Phi) is 6.37. The molecule has 0 unspecified atom stereocenters. The van der Waals surface area contributed by atoms with Gasteiger partial charge in [-0.25, -0.2) is 8.42 Å². The predicted molar refractivity (Wildman–Crippen MR) is 105 cm³/mol. The second kappa shape index (κ2) is 8.37. The number of hydrogen-bond acceptors (Lipinski definition) is 6. The number of carbonyl (C=O) groups is 1. The van der Waals surface area contributed by atoms with E-state index < -0.39 is 10.0 Å². The Morgan fingerprint density at radius 1 is 1.23 bits per heavy atom. The van der Waals surface area contributed by atoms with E-state index in [1.807, 2.05) is 12.1 Å². The number of thiophene rings is 2. The Balaban J connectivity index is 1.50. The van der Waals surface area contributed by atoms with E-state index in [1.165, 1.54) is 11.9 Å². The van der Waals surface area contributed by atoms with Crippen molar-refractivity contribution in [2.24, 2.45) is 0 Å². The van der Waals surface area contributed by atoms with Gasteiger partial charge in [0.2, 0.25) is 5.91 Å². The molecule has 1 saturated heterocycles. The molecule has 3 rings (SSSR count). The molecule has 2 aromatic rings. The van der Waals surface area contributed by atoms with Crippen molar-refractivity contribution in [2.75, 3.05) is 39.8 Å². The fraction of sp³-hybridized carbons (Fsp3) is 0.438. The largest absolute Gasteiger partial charge is 0.339 e. The molecule has 10 heteroatoms. The molecule has 1 aliphatic heterocycles. The Morgan fingerprint density at radius 3 is 2.54 bits per heavy atom. The van der Waals surface area contributed by atoms with Crippen molar-refractivity contribution < 1.29 is 13.2 Å². The van der Waals surface area contributed by atoms with Gasteiger partial charge < -0.3 is 4.90 Å². The van der Waals surface area contributed by atoms with E-state index >= 15 is 0 Å². The molecule has 26 heavy (non-hydrogen) atoms. The van der Waals surface area contributed by atoms with Crippen LogP contribution in [0.15, 0.2) is 33.9 Å². The number of amides is 1. The van der Waals surface area contributed by atoms with E-state index in [9.17, 15) is 13.2 Å². The number of halogens is 1. The SMILES string of the molecule is CN(CC(=O)N1CCN(Cc2ccc(Cl)s2)CC1)S(=O)(=O)c1cccs1. The van der Waals surface area contributed by atoms with Gasteiger partial charge in [0.05, 0.1) is 10.9 Å². The minimum absolute atomic E-state index is 0.138. The van der Waals surface area contributed by atoms with E-state index in [0.717, 1.165) is 39.6 Å². The zero-order valence-corrected chi connectivity index (χ0v) is 17.5. The van der Waals surface area contributed by atoms with Gasteiger partial charge in [-0.15, -0.1) is 22.7 Å². The van der Waals surface area contributed by atoms with Gasteiger partial charge in [-0.2, -0.15) is 4.31 Å². The molecular weight excluding hydrogens is 414 g/mol. The van der Waals surface area contributed by atoms with Crippen molar-refractivity contribution in [2.45, 2.75) is 10.8 Å². The minimum Gasteiger partial charge on any atom is -0.339 e. The third kappa shape index (κ3) is 4.65. The van der Waals surface area contributed by atoms with Gasteiger partial charge in [0.15, 0.2) is 0 Å². The highest BCUT2D eigenvalue weighted by atomic mass is 35.5. The van der Waals surface area contributed by atoms with E-state index in [2.05, 4.69) is 4.90 Å². The fourth-order valence-electron chi connectivity index (χ4n) is 2.75. The average molecular weight is 434 g/mol. The first-order valence-corrected chi connectivity index (χ1v) is 11.6. The first-order valence-electron chi connectivity index (χ1n) is 8.10. The topological polar surface area (TPSA) is 60.9 Å². The summed E-state index contributed by atoms with van der Waals surface area (Å²) in [4.78, 5) is 17.7. The standard InChI is InChI=1S/C16H20ClN3O3S3/c1-18(26(22,23)16-3-2-10-24-16)12-15(21)20-8-6-19(7-9-20)11-13-4-5-14(17)25-13/h2-5,10H,6-9,11-12H2,1H3. The predicted octanol–water partition coefficient (Wildman–Crippen LogP) is 2.43. The molecular formula is C16H20ClN3O3S3. The Hall–Kier alpha value is -0.970. The van der Waals surface area contributed by atoms with Crippen LogP contribution in [0.1, 0.15) is 4.88 Å². The summed E-state index contributed by atoms with van der Waals surface area (Å²) in [6, 6.07) is 7.16. The quantitative estimate of drug-likeness (QED) is 0.702. The summed E-state index contributed by atoms with van der Waals surface area (Å²) in [6.45, 7) is 3.42. The summed E-state index contributed by atoms with van der Waals surface area (Å²) in [5, 5.41) is 1.71. The number of piperazine rings is 1. The summed E-state index contributed by atoms with van der Waals surface area (Å²) >= 11 is 8.68. The smallest absolute Gasteiger partial charge is 0.252 e. The second-order valence-corrected chi connectivity index (χ2v) is 11.1. The highest BCUT2D eigenvalue weighted by Crippen LogP contribution is 2.23. The van der Waals surface area contributed by atoms with Crippen LogP contribution in [0, 0.1) is 0 Å². The fourth-order valence-corrected chi connectivity index (χ4v) is 6.20. The molecule has 0 bridgehead atoms. The van der Waals surface area contributed by atoms with E-state index in [4.69, 9.17) is 11.6 Å². The average Bonchev–Trinajstić information content (AvgIpc) is 3.27. The zero-order valence-electron chi connectivity index (χ0n) is 14.3. The van der Waals surface area contributed by atoms with Gasteiger partial charge in [0.1, 0.15) is 4.21 Å². The first kappa shape index (κ1) is 19.8. The van der Waals surface area contributed by atoms with E-state index in [1.54, 1.807) is 33.7 Å². The number of rotatable bonds is 6. The summed E-state index contributed by atoms with van der Waals surface area (Å²) in [6.07, 6.45) is 0. The van der Waals surface area contributed by atoms with Crippen molar-refractivity contribution in [3.63, 3.8) is 0 Å². The lowest BCUT2D eigenvalue weighted by Gasteiger charge is -2.35. The van der Waals surface area contributed by atoms with E-state index in [-0.39, 0.29) is 16.7 Å². The van der Waals surface area contributed by atoms with Crippen LogP contribution in [0.4, 0.5) is 0 Å². The molecule has 0 radical (unpaired) electrons. The van der Waals surface area contributed by atoms with Gasteiger partial charge in [-0.05, 0) is 23.6 Å². The highest BCUT2D eigenvalue weighted by molar-refractivity contribution is 7.91. The van der Waals surface area contributed by atoms with Crippen molar-refractivity contribution in [1.82, 2.24) is 14.1 Å². The number of carbonyl (C=O) groups excluding carboxylic acids is 1. The first-order chi connectivity index (χ1) is 12.4. The molecule has 0 saturated carbocycles. The lowest BCUT2D eigenvalue weighted by Crippen LogP contribution is -2.50. The normalized spacial score (nSPS) is 16.3. The van der Waals surface area contributed by atoms with E-state index in [0.29, 0.717) is 13.1 Å². The number of hydrogen-bond donors (Lipinski definition) is 0. The van der Waals surface area contributed by atoms with Crippen molar-refractivity contribution in [3.8, 4) is 0 Å². The molecule has 0 atom stereocenters. The molecule has 6 nitrogen and oxygen atoms in total. The van der Waals surface area contributed by atoms with Crippen molar-refractivity contribution >= 4 is 50.2 Å². The lowest BCUT2D eigenvalue weighted by molar-refractivity contribution is -0.133. The Bertz CT molecular complexity index is 843. The van der Waals surface area contributed by atoms with Crippen molar-refractivity contribution in [3.05, 3.63) is 38.9 Å². The second-order valence-electron chi connectivity index (χ2n) is 6.06. The summed E-state index contributed by atoms with van der Waals surface area (Å²) < 4.78 is 27.0. The molecule has 1 amide bonds. The van der Waals surface area contributed by atoms with Gasteiger partial charge in [-0.3, -0.25) is 9.69 Å². The van der Waals surface area contributed by atoms with Crippen LogP contribution < -0.4 is 0 Å². The maximum atomic E-state index is 12.5. The third-order valence-electron chi connectivity index (χ3n) is 4.25. The molecule has 142 valence electrons. The van der Waals surface area contributed by atoms with Gasteiger partial charge in [0.25, 0.3) is 10.0 Å². The van der Waals surface area contributed by atoms with Gasteiger partial charge in [0, 0.05) is 44.6 Å². The van der Waals surface area contributed by atoms with Crippen LogP contribution in [0.25, 0.3) is 0 Å². The van der Waals surface area contributed by atoms with Crippen LogP contribution in [0.3, 0.4) is 0 Å². The molecule has 0 spiro atoms. The Morgan fingerprint density at radius 2 is 1.96 bits per heavy atom. The van der Waals surface area contributed by atoms with Crippen LogP contribution >= 0.6 is 34.3 Å². The summed E-state index contributed by atoms with van der Waals surface area (Å²) in [5.74, 6) is -0.161. The van der Waals surface area contributed by atoms with Crippen LogP contribution in [0.2, 0.25) is 4.34 Å². The molecule has 0 aliphatic carbocycles. The molecule has 1 aliphatic rings. The molecule has 1 fully saturated rings. The van der Waals surface area contributed by atoms with Crippen LogP contribution in [0.5, 0.6) is 0 Å². The molecule has 3 heterocycles. The monoisotopic (exact) mass is 433 g/mol. The number of sulfonamides is 1. The lowest BCUT2D eigenvalue weighted by atomic mass is 10.3.